The summed E-state index contributed by atoms with van der Waals surface area (Å²) in [6.45, 7) is 5.98. The van der Waals surface area contributed by atoms with E-state index in [-0.39, 0.29) is 18.2 Å². The van der Waals surface area contributed by atoms with E-state index in [1.54, 1.807) is 0 Å². The molecule has 0 spiro atoms. The highest BCUT2D eigenvalue weighted by atomic mass is 16.6. The Labute approximate surface area is 78.5 Å². The number of ether oxygens (including phenoxy) is 1. The molecule has 2 atom stereocenters. The zero-order valence-electron chi connectivity index (χ0n) is 8.20. The van der Waals surface area contributed by atoms with Crippen LogP contribution in [0.1, 0.15) is 20.8 Å². The van der Waals surface area contributed by atoms with Gasteiger partial charge in [-0.1, -0.05) is 31.6 Å². The number of nitrogens with one attached hydrogen (secondary N) is 1. The summed E-state index contributed by atoms with van der Waals surface area (Å²) in [5, 5.41) is 2.68. The molecule has 0 radical (unpaired) electrons. The van der Waals surface area contributed by atoms with Gasteiger partial charge in [-0.3, -0.25) is 0 Å². The Bertz CT molecular complexity index is 256. The highest BCUT2D eigenvalue weighted by Gasteiger charge is 2.31. The SMILES string of the molecule is CC.CC1=CC2OC(=O)NC2C=C1. The van der Waals surface area contributed by atoms with Crippen LogP contribution in [0.4, 0.5) is 4.79 Å². The molecular weight excluding hydrogens is 166 g/mol. The van der Waals surface area contributed by atoms with Crippen LogP contribution >= 0.6 is 0 Å². The van der Waals surface area contributed by atoms with Crippen LogP contribution in [0.5, 0.6) is 0 Å². The van der Waals surface area contributed by atoms with Gasteiger partial charge in [0.25, 0.3) is 0 Å². The largest absolute Gasteiger partial charge is 0.439 e. The molecule has 13 heavy (non-hydrogen) atoms. The predicted octanol–water partition coefficient (Wildman–Crippen LogP) is 2.01. The third kappa shape index (κ3) is 2.11. The molecule has 1 aliphatic heterocycles. The number of amides is 1. The van der Waals surface area contributed by atoms with Crippen LogP contribution in [0.15, 0.2) is 23.8 Å². The fourth-order valence-corrected chi connectivity index (χ4v) is 1.31. The standard InChI is InChI=1S/C8H9NO2.C2H6/c1-5-2-3-6-7(4-5)11-8(10)9-6;1-2/h2-4,6-7H,1H3,(H,9,10);1-2H3. The summed E-state index contributed by atoms with van der Waals surface area (Å²) < 4.78 is 4.96. The maximum Gasteiger partial charge on any atom is 0.408 e. The van der Waals surface area contributed by atoms with E-state index in [1.165, 1.54) is 0 Å². The molecule has 1 fully saturated rings. The first-order chi connectivity index (χ1) is 6.25. The Morgan fingerprint density at radius 1 is 1.46 bits per heavy atom. The van der Waals surface area contributed by atoms with E-state index in [0.717, 1.165) is 5.57 Å². The number of alkyl carbamates (subject to hydrolysis) is 1. The first kappa shape index (κ1) is 9.84. The maximum atomic E-state index is 10.7. The summed E-state index contributed by atoms with van der Waals surface area (Å²) in [7, 11) is 0. The van der Waals surface area contributed by atoms with E-state index in [2.05, 4.69) is 5.32 Å². The van der Waals surface area contributed by atoms with E-state index in [9.17, 15) is 4.79 Å². The summed E-state index contributed by atoms with van der Waals surface area (Å²) in [6.07, 6.45) is 5.46. The molecule has 0 aromatic heterocycles. The van der Waals surface area contributed by atoms with Crippen molar-refractivity contribution < 1.29 is 9.53 Å². The third-order valence-electron chi connectivity index (χ3n) is 1.88. The minimum absolute atomic E-state index is 0.0474. The Kier molecular flexibility index (Phi) is 3.12. The van der Waals surface area contributed by atoms with Crippen LogP contribution in [-0.4, -0.2) is 18.2 Å². The van der Waals surface area contributed by atoms with Gasteiger partial charge in [0.15, 0.2) is 0 Å². The summed E-state index contributed by atoms with van der Waals surface area (Å²) in [5.74, 6) is 0. The molecule has 0 aromatic rings. The molecule has 1 saturated heterocycles. The second kappa shape index (κ2) is 4.12. The quantitative estimate of drug-likeness (QED) is 0.620. The Balaban J connectivity index is 0.000000396. The summed E-state index contributed by atoms with van der Waals surface area (Å²) in [5.41, 5.74) is 1.14. The van der Waals surface area contributed by atoms with Crippen molar-refractivity contribution >= 4 is 6.09 Å². The fourth-order valence-electron chi connectivity index (χ4n) is 1.31. The molecule has 2 rings (SSSR count). The van der Waals surface area contributed by atoms with Crippen molar-refractivity contribution in [3.63, 3.8) is 0 Å². The fraction of sp³-hybridized carbons (Fsp3) is 0.500. The highest BCUT2D eigenvalue weighted by Crippen LogP contribution is 2.18. The van der Waals surface area contributed by atoms with E-state index < -0.39 is 0 Å². The normalized spacial score (nSPS) is 29.2. The minimum atomic E-state index is -0.324. The molecule has 1 amide bonds. The second-order valence-electron chi connectivity index (χ2n) is 2.81. The van der Waals surface area contributed by atoms with Gasteiger partial charge in [-0.15, -0.1) is 0 Å². The van der Waals surface area contributed by atoms with Crippen LogP contribution < -0.4 is 5.32 Å². The second-order valence-corrected chi connectivity index (χ2v) is 2.81. The van der Waals surface area contributed by atoms with Gasteiger partial charge in [0.1, 0.15) is 6.10 Å². The Hall–Kier alpha value is -1.25. The topological polar surface area (TPSA) is 38.3 Å². The molecule has 0 saturated carbocycles. The van der Waals surface area contributed by atoms with E-state index in [0.29, 0.717) is 0 Å². The van der Waals surface area contributed by atoms with Crippen LogP contribution in [0, 0.1) is 0 Å². The number of hydrogen-bond donors (Lipinski definition) is 1. The molecule has 0 aromatic carbocycles. The molecule has 72 valence electrons. The molecule has 1 aliphatic carbocycles. The number of rotatable bonds is 0. The van der Waals surface area contributed by atoms with Crippen molar-refractivity contribution in [2.75, 3.05) is 0 Å². The molecule has 3 heteroatoms. The molecule has 1 heterocycles. The van der Waals surface area contributed by atoms with Crippen molar-refractivity contribution in [3.05, 3.63) is 23.8 Å². The lowest BCUT2D eigenvalue weighted by Crippen LogP contribution is -2.29. The maximum absolute atomic E-state index is 10.7. The van der Waals surface area contributed by atoms with Gasteiger partial charge in [-0.2, -0.15) is 0 Å². The average Bonchev–Trinajstić information content (AvgIpc) is 2.48. The van der Waals surface area contributed by atoms with Crippen molar-refractivity contribution in [2.24, 2.45) is 0 Å². The Morgan fingerprint density at radius 3 is 2.85 bits per heavy atom. The minimum Gasteiger partial charge on any atom is -0.439 e. The molecule has 2 unspecified atom stereocenters. The highest BCUT2D eigenvalue weighted by molar-refractivity contribution is 5.71. The van der Waals surface area contributed by atoms with Crippen LogP contribution in [0.3, 0.4) is 0 Å². The van der Waals surface area contributed by atoms with Gasteiger partial charge in [0.2, 0.25) is 0 Å². The summed E-state index contributed by atoms with van der Waals surface area (Å²) in [4.78, 5) is 10.7. The van der Waals surface area contributed by atoms with Crippen LogP contribution in [0.2, 0.25) is 0 Å². The van der Waals surface area contributed by atoms with E-state index in [4.69, 9.17) is 4.74 Å². The smallest absolute Gasteiger partial charge is 0.408 e. The first-order valence-electron chi connectivity index (χ1n) is 4.59. The monoisotopic (exact) mass is 181 g/mol. The van der Waals surface area contributed by atoms with Gasteiger partial charge in [0, 0.05) is 0 Å². The van der Waals surface area contributed by atoms with Crippen molar-refractivity contribution in [1.29, 1.82) is 0 Å². The van der Waals surface area contributed by atoms with Gasteiger partial charge >= 0.3 is 6.09 Å². The van der Waals surface area contributed by atoms with Gasteiger partial charge in [0.05, 0.1) is 6.04 Å². The van der Waals surface area contributed by atoms with Crippen LogP contribution in [0.25, 0.3) is 0 Å². The lowest BCUT2D eigenvalue weighted by Gasteiger charge is -2.13. The number of carbonyl (C=O) groups excluding carboxylic acids is 1. The first-order valence-corrected chi connectivity index (χ1v) is 4.59. The van der Waals surface area contributed by atoms with E-state index in [1.807, 2.05) is 39.0 Å². The lowest BCUT2D eigenvalue weighted by molar-refractivity contribution is 0.155. The summed E-state index contributed by atoms with van der Waals surface area (Å²) in [6, 6.07) is 0.0474. The van der Waals surface area contributed by atoms with Gasteiger partial charge < -0.3 is 10.1 Å². The van der Waals surface area contributed by atoms with Crippen molar-refractivity contribution in [2.45, 2.75) is 32.9 Å². The van der Waals surface area contributed by atoms with Gasteiger partial charge in [-0.05, 0) is 13.0 Å². The zero-order chi connectivity index (χ0) is 9.84. The van der Waals surface area contributed by atoms with E-state index >= 15 is 0 Å². The molecular formula is C10H15NO2. The van der Waals surface area contributed by atoms with Crippen molar-refractivity contribution in [3.8, 4) is 0 Å². The average molecular weight is 181 g/mol. The van der Waals surface area contributed by atoms with Crippen molar-refractivity contribution in [1.82, 2.24) is 5.32 Å². The number of allylic oxidation sites excluding steroid dienone is 2. The third-order valence-corrected chi connectivity index (χ3v) is 1.88. The number of fused-ring (bicyclic) bond motifs is 1. The predicted molar refractivity (Wildman–Crippen MR) is 51.4 cm³/mol. The molecule has 2 aliphatic rings. The molecule has 0 bridgehead atoms. The molecule has 3 nitrogen and oxygen atoms in total. The molecule has 1 N–H and O–H groups in total. The van der Waals surface area contributed by atoms with Crippen LogP contribution in [-0.2, 0) is 4.74 Å². The number of hydrogen-bond acceptors (Lipinski definition) is 2. The van der Waals surface area contributed by atoms with Gasteiger partial charge in [-0.25, -0.2) is 4.79 Å². The zero-order valence-corrected chi connectivity index (χ0v) is 8.20. The summed E-state index contributed by atoms with van der Waals surface area (Å²) >= 11 is 0. The number of carbonyl (C=O) groups is 1. The lowest BCUT2D eigenvalue weighted by atomic mass is 10.0. The Morgan fingerprint density at radius 2 is 2.15 bits per heavy atom.